The van der Waals surface area contributed by atoms with Crippen LogP contribution in [-0.2, 0) is 11.2 Å². The van der Waals surface area contributed by atoms with Crippen LogP contribution in [0.1, 0.15) is 79.8 Å². The second-order valence-electron chi connectivity index (χ2n) is 13.0. The normalized spacial score (nSPS) is 28.2. The predicted octanol–water partition coefficient (Wildman–Crippen LogP) is 2.48. The molecule has 3 saturated heterocycles. The Hall–Kier alpha value is -2.31. The van der Waals surface area contributed by atoms with Gasteiger partial charge in [0.05, 0.1) is 6.61 Å². The number of likely N-dealkylation sites (tertiary alicyclic amines) is 1. The van der Waals surface area contributed by atoms with E-state index in [0.29, 0.717) is 11.8 Å². The van der Waals surface area contributed by atoms with Gasteiger partial charge in [-0.25, -0.2) is 0 Å². The first-order chi connectivity index (χ1) is 20.7. The molecule has 43 heavy (non-hydrogen) atoms. The standard InChI is InChI=1S/C33H50N4O6/c1-21(2)27-25(31(36-35-27)43-32-30(41)29(40)28(39)26(20-38)42-32)19-24-8-7-23(18-22(24)3)6-4-5-15-37-16-11-33(12-17-37)9-13-34-14-10-33/h4,6-8,18,21,26,28-30,32,34,38-41H,5,9-17,19-20H2,1-3H3,(H,35,36)/b6-4+/t26-,28-,29+,30-,32+/m1/s1. The van der Waals surface area contributed by atoms with Gasteiger partial charge >= 0.3 is 0 Å². The van der Waals surface area contributed by atoms with Gasteiger partial charge in [-0.2, -0.15) is 0 Å². The van der Waals surface area contributed by atoms with Gasteiger partial charge in [0.1, 0.15) is 24.4 Å². The zero-order chi connectivity index (χ0) is 30.6. The Bertz CT molecular complexity index is 1210. The Balaban J connectivity index is 1.19. The minimum Gasteiger partial charge on any atom is -0.443 e. The molecule has 1 spiro atoms. The van der Waals surface area contributed by atoms with Gasteiger partial charge in [-0.1, -0.05) is 44.2 Å². The highest BCUT2D eigenvalue weighted by Crippen LogP contribution is 2.39. The number of rotatable bonds is 10. The van der Waals surface area contributed by atoms with Crippen molar-refractivity contribution in [3.63, 3.8) is 0 Å². The first-order valence-electron chi connectivity index (χ1n) is 15.9. The van der Waals surface area contributed by atoms with Crippen molar-refractivity contribution in [2.75, 3.05) is 39.3 Å². The average molecular weight is 599 g/mol. The molecule has 3 aliphatic rings. The maximum absolute atomic E-state index is 10.5. The number of H-pyrrole nitrogens is 1. The number of aliphatic hydroxyl groups is 4. The van der Waals surface area contributed by atoms with Crippen LogP contribution in [-0.4, -0.2) is 106 Å². The van der Waals surface area contributed by atoms with Gasteiger partial charge in [0, 0.05) is 24.2 Å². The van der Waals surface area contributed by atoms with E-state index in [1.807, 2.05) is 0 Å². The summed E-state index contributed by atoms with van der Waals surface area (Å²) in [6, 6.07) is 6.46. The number of nitrogens with zero attached hydrogens (tertiary/aromatic N) is 2. The molecule has 1 aromatic carbocycles. The number of ether oxygens (including phenoxy) is 2. The van der Waals surface area contributed by atoms with Crippen LogP contribution < -0.4 is 10.1 Å². The molecule has 10 nitrogen and oxygen atoms in total. The summed E-state index contributed by atoms with van der Waals surface area (Å²) in [7, 11) is 0. The highest BCUT2D eigenvalue weighted by Gasteiger charge is 2.45. The fraction of sp³-hybridized carbons (Fsp3) is 0.667. The quantitative estimate of drug-likeness (QED) is 0.243. The molecule has 2 aromatic rings. The number of aromatic amines is 1. The minimum atomic E-state index is -1.52. The lowest BCUT2D eigenvalue weighted by Crippen LogP contribution is -2.60. The van der Waals surface area contributed by atoms with Gasteiger partial charge in [-0.05, 0) is 93.2 Å². The van der Waals surface area contributed by atoms with Crippen molar-refractivity contribution >= 4 is 6.08 Å². The average Bonchev–Trinajstić information content (AvgIpc) is 3.40. The second-order valence-corrected chi connectivity index (χ2v) is 13.0. The summed E-state index contributed by atoms with van der Waals surface area (Å²) in [5.41, 5.74) is 5.79. The molecule has 238 valence electrons. The highest BCUT2D eigenvalue weighted by molar-refractivity contribution is 5.52. The van der Waals surface area contributed by atoms with Crippen molar-refractivity contribution < 1.29 is 29.9 Å². The third kappa shape index (κ3) is 7.50. The number of hydrogen-bond donors (Lipinski definition) is 6. The van der Waals surface area contributed by atoms with Crippen LogP contribution in [0.5, 0.6) is 5.88 Å². The van der Waals surface area contributed by atoms with Crippen molar-refractivity contribution in [1.82, 2.24) is 20.4 Å². The van der Waals surface area contributed by atoms with Crippen molar-refractivity contribution in [3.8, 4) is 5.88 Å². The largest absolute Gasteiger partial charge is 0.443 e. The van der Waals surface area contributed by atoms with Crippen LogP contribution in [0.2, 0.25) is 0 Å². The van der Waals surface area contributed by atoms with E-state index >= 15 is 0 Å². The maximum atomic E-state index is 10.5. The first kappa shape index (κ1) is 32.1. The van der Waals surface area contributed by atoms with E-state index in [1.165, 1.54) is 57.4 Å². The molecule has 5 atom stereocenters. The van der Waals surface area contributed by atoms with E-state index in [-0.39, 0.29) is 11.8 Å². The van der Waals surface area contributed by atoms with Crippen LogP contribution >= 0.6 is 0 Å². The fourth-order valence-electron chi connectivity index (χ4n) is 6.78. The van der Waals surface area contributed by atoms with Gasteiger partial charge in [-0.3, -0.25) is 5.10 Å². The topological polar surface area (TPSA) is 143 Å². The van der Waals surface area contributed by atoms with Crippen LogP contribution in [0, 0.1) is 12.3 Å². The third-order valence-electron chi connectivity index (χ3n) is 9.75. The molecule has 0 radical (unpaired) electrons. The van der Waals surface area contributed by atoms with Crippen molar-refractivity contribution in [2.45, 2.75) is 95.9 Å². The molecular formula is C33H50N4O6. The summed E-state index contributed by atoms with van der Waals surface area (Å²) in [4.78, 5) is 2.62. The molecule has 0 aliphatic carbocycles. The molecule has 5 rings (SSSR count). The minimum absolute atomic E-state index is 0.141. The van der Waals surface area contributed by atoms with E-state index in [2.05, 4.69) is 71.5 Å². The Morgan fingerprint density at radius 3 is 2.51 bits per heavy atom. The highest BCUT2D eigenvalue weighted by atomic mass is 16.7. The lowest BCUT2D eigenvalue weighted by Gasteiger charge is -2.44. The zero-order valence-electron chi connectivity index (χ0n) is 25.8. The number of aliphatic hydroxyl groups excluding tert-OH is 4. The van der Waals surface area contributed by atoms with Crippen LogP contribution in [0.3, 0.4) is 0 Å². The van der Waals surface area contributed by atoms with Gasteiger partial charge in [-0.15, -0.1) is 5.10 Å². The summed E-state index contributed by atoms with van der Waals surface area (Å²) in [6.07, 6.45) is 4.62. The fourth-order valence-corrected chi connectivity index (χ4v) is 6.78. The molecule has 0 amide bonds. The summed E-state index contributed by atoms with van der Waals surface area (Å²) in [6.45, 7) is 11.6. The van der Waals surface area contributed by atoms with Crippen molar-refractivity contribution in [2.24, 2.45) is 5.41 Å². The lowest BCUT2D eigenvalue weighted by molar-refractivity contribution is -0.278. The van der Waals surface area contributed by atoms with E-state index in [0.717, 1.165) is 35.3 Å². The van der Waals surface area contributed by atoms with Gasteiger partial charge < -0.3 is 40.1 Å². The van der Waals surface area contributed by atoms with E-state index in [4.69, 9.17) is 9.47 Å². The molecule has 3 fully saturated rings. The first-order valence-corrected chi connectivity index (χ1v) is 15.9. The Labute approximate surface area is 255 Å². The molecule has 0 unspecified atom stereocenters. The van der Waals surface area contributed by atoms with Crippen LogP contribution in [0.25, 0.3) is 6.08 Å². The van der Waals surface area contributed by atoms with E-state index in [9.17, 15) is 20.4 Å². The number of hydrogen-bond acceptors (Lipinski definition) is 9. The molecule has 3 aliphatic heterocycles. The zero-order valence-corrected chi connectivity index (χ0v) is 25.8. The number of piperidine rings is 2. The maximum Gasteiger partial charge on any atom is 0.238 e. The van der Waals surface area contributed by atoms with E-state index in [1.54, 1.807) is 0 Å². The molecule has 0 saturated carbocycles. The van der Waals surface area contributed by atoms with Crippen LogP contribution in [0.4, 0.5) is 0 Å². The van der Waals surface area contributed by atoms with Gasteiger partial charge in [0.15, 0.2) is 0 Å². The number of nitrogens with one attached hydrogen (secondary N) is 2. The van der Waals surface area contributed by atoms with Gasteiger partial charge in [0.25, 0.3) is 0 Å². The molecule has 1 aromatic heterocycles. The summed E-state index contributed by atoms with van der Waals surface area (Å²) >= 11 is 0. The smallest absolute Gasteiger partial charge is 0.238 e. The third-order valence-corrected chi connectivity index (χ3v) is 9.75. The number of aromatic nitrogens is 2. The monoisotopic (exact) mass is 598 g/mol. The number of aryl methyl sites for hydroxylation is 1. The Morgan fingerprint density at radius 1 is 1.09 bits per heavy atom. The van der Waals surface area contributed by atoms with Gasteiger partial charge in [0.2, 0.25) is 12.2 Å². The van der Waals surface area contributed by atoms with E-state index < -0.39 is 37.3 Å². The SMILES string of the molecule is Cc1cc(/C=C/CCN2CCC3(CCNCC3)CC2)ccc1Cc1c(O[C@@H]2O[C@H](CO)[C@@H](O)[C@H](O)[C@H]2O)n[nH]c1C(C)C. The molecule has 10 heteroatoms. The molecule has 6 N–H and O–H groups in total. The van der Waals surface area contributed by atoms with Crippen molar-refractivity contribution in [1.29, 1.82) is 0 Å². The number of benzene rings is 1. The molecular weight excluding hydrogens is 548 g/mol. The molecule has 0 bridgehead atoms. The molecule has 4 heterocycles. The summed E-state index contributed by atoms with van der Waals surface area (Å²) in [5, 5.41) is 51.2. The lowest BCUT2D eigenvalue weighted by atomic mass is 9.71. The van der Waals surface area contributed by atoms with Crippen LogP contribution in [0.15, 0.2) is 24.3 Å². The Morgan fingerprint density at radius 2 is 1.84 bits per heavy atom. The summed E-state index contributed by atoms with van der Waals surface area (Å²) in [5.74, 6) is 0.405. The van der Waals surface area contributed by atoms with Crippen molar-refractivity contribution in [3.05, 3.63) is 52.2 Å². The Kier molecular flexibility index (Phi) is 10.6. The second kappa shape index (κ2) is 14.2. The summed E-state index contributed by atoms with van der Waals surface area (Å²) < 4.78 is 11.5. The predicted molar refractivity (Wildman–Crippen MR) is 165 cm³/mol.